The number of nitrogens with one attached hydrogen (secondary N) is 2. The molecule has 0 radical (unpaired) electrons. The number of nitrogens with zero attached hydrogens (tertiary/aromatic N) is 4. The van der Waals surface area contributed by atoms with Crippen molar-refractivity contribution in [3.8, 4) is 0 Å². The van der Waals surface area contributed by atoms with Gasteiger partial charge in [0.25, 0.3) is 0 Å². The van der Waals surface area contributed by atoms with Gasteiger partial charge in [-0.3, -0.25) is 14.6 Å². The van der Waals surface area contributed by atoms with Gasteiger partial charge in [-0.1, -0.05) is 30.3 Å². The number of hydrogen-bond acceptors (Lipinski definition) is 4. The zero-order valence-electron chi connectivity index (χ0n) is 21.0. The lowest BCUT2D eigenvalue weighted by Crippen LogP contribution is -2.50. The Bertz CT molecular complexity index is 688. The molecule has 1 heterocycles. The normalized spacial score (nSPS) is 16.1. The first-order valence-electron chi connectivity index (χ1n) is 12.0. The zero-order chi connectivity index (χ0) is 23.5. The number of piperidine rings is 1. The first kappa shape index (κ1) is 26.1. The lowest BCUT2D eigenvalue weighted by Gasteiger charge is -2.34. The molecule has 1 saturated heterocycles. The molecule has 0 spiro atoms. The Kier molecular flexibility index (Phi) is 11.0. The molecule has 1 aliphatic rings. The number of benzene rings is 1. The summed E-state index contributed by atoms with van der Waals surface area (Å²) in [5.74, 6) is 0.754. The average Bonchev–Trinajstić information content (AvgIpc) is 2.75. The van der Waals surface area contributed by atoms with Crippen molar-refractivity contribution >= 4 is 11.9 Å². The van der Waals surface area contributed by atoms with Crippen molar-refractivity contribution in [2.75, 3.05) is 46.8 Å². The van der Waals surface area contributed by atoms with E-state index >= 15 is 0 Å². The summed E-state index contributed by atoms with van der Waals surface area (Å²) in [6.07, 6.45) is 2.14. The maximum Gasteiger partial charge on any atom is 0.243 e. The minimum absolute atomic E-state index is 0.00904. The molecule has 32 heavy (non-hydrogen) atoms. The summed E-state index contributed by atoms with van der Waals surface area (Å²) in [6.45, 7) is 13.9. The summed E-state index contributed by atoms with van der Waals surface area (Å²) in [5.41, 5.74) is 1.37. The molecule has 0 unspecified atom stereocenters. The third-order valence-corrected chi connectivity index (χ3v) is 6.04. The lowest BCUT2D eigenvalue weighted by molar-refractivity contribution is -0.127. The van der Waals surface area contributed by atoms with Crippen molar-refractivity contribution in [3.63, 3.8) is 0 Å². The summed E-state index contributed by atoms with van der Waals surface area (Å²) in [4.78, 5) is 23.2. The molecule has 1 aromatic carbocycles. The van der Waals surface area contributed by atoms with E-state index in [1.165, 1.54) is 5.56 Å². The molecule has 7 heteroatoms. The lowest BCUT2D eigenvalue weighted by atomic mass is 10.0. The number of guanidine groups is 1. The highest BCUT2D eigenvalue weighted by atomic mass is 16.2. The average molecular weight is 445 g/mol. The van der Waals surface area contributed by atoms with Crippen LogP contribution < -0.4 is 10.6 Å². The van der Waals surface area contributed by atoms with Gasteiger partial charge in [-0.05, 0) is 46.1 Å². The highest BCUT2D eigenvalue weighted by molar-refractivity contribution is 5.84. The van der Waals surface area contributed by atoms with Crippen molar-refractivity contribution in [2.24, 2.45) is 4.99 Å². The molecular formula is C25H44N6O. The van der Waals surface area contributed by atoms with Crippen LogP contribution in [0.3, 0.4) is 0 Å². The quantitative estimate of drug-likeness (QED) is 0.429. The Morgan fingerprint density at radius 1 is 1.09 bits per heavy atom. The van der Waals surface area contributed by atoms with Crippen LogP contribution in [-0.2, 0) is 11.3 Å². The molecule has 1 fully saturated rings. The molecular weight excluding hydrogens is 400 g/mol. The van der Waals surface area contributed by atoms with Crippen molar-refractivity contribution in [1.82, 2.24) is 25.3 Å². The standard InChI is InChI=1S/C25H44N6O/c1-20(2)31(21(3)4)17-14-26-25(27-18-24(32)29(5)6)28-23-12-15-30(16-13-23)19-22-10-8-7-9-11-22/h7-11,20-21,23H,12-19H2,1-6H3,(H2,26,27,28). The minimum Gasteiger partial charge on any atom is -0.355 e. The number of rotatable bonds is 10. The first-order chi connectivity index (χ1) is 15.3. The first-order valence-corrected chi connectivity index (χ1v) is 12.0. The smallest absolute Gasteiger partial charge is 0.243 e. The Morgan fingerprint density at radius 2 is 1.72 bits per heavy atom. The number of amides is 1. The van der Waals surface area contributed by atoms with E-state index in [1.54, 1.807) is 19.0 Å². The monoisotopic (exact) mass is 444 g/mol. The third kappa shape index (κ3) is 9.17. The zero-order valence-corrected chi connectivity index (χ0v) is 21.0. The van der Waals surface area contributed by atoms with E-state index in [1.807, 2.05) is 0 Å². The van der Waals surface area contributed by atoms with Gasteiger partial charge >= 0.3 is 0 Å². The van der Waals surface area contributed by atoms with Crippen LogP contribution in [0.4, 0.5) is 0 Å². The van der Waals surface area contributed by atoms with Gasteiger partial charge in [0.05, 0.1) is 0 Å². The molecule has 0 atom stereocenters. The van der Waals surface area contributed by atoms with E-state index in [2.05, 4.69) is 83.5 Å². The maximum atomic E-state index is 12.1. The Labute approximate surface area is 195 Å². The molecule has 1 aliphatic heterocycles. The van der Waals surface area contributed by atoms with E-state index in [0.29, 0.717) is 18.1 Å². The summed E-state index contributed by atoms with van der Waals surface area (Å²) in [6, 6.07) is 12.0. The topological polar surface area (TPSA) is 63.2 Å². The van der Waals surface area contributed by atoms with Crippen molar-refractivity contribution in [3.05, 3.63) is 35.9 Å². The third-order valence-electron chi connectivity index (χ3n) is 6.04. The van der Waals surface area contributed by atoms with Crippen LogP contribution in [-0.4, -0.2) is 91.5 Å². The second kappa shape index (κ2) is 13.4. The fourth-order valence-electron chi connectivity index (χ4n) is 4.13. The van der Waals surface area contributed by atoms with E-state index in [0.717, 1.165) is 51.5 Å². The molecule has 2 N–H and O–H groups in total. The molecule has 7 nitrogen and oxygen atoms in total. The van der Waals surface area contributed by atoms with E-state index in [4.69, 9.17) is 0 Å². The second-order valence-corrected chi connectivity index (χ2v) is 9.49. The summed E-state index contributed by atoms with van der Waals surface area (Å²) >= 11 is 0. The van der Waals surface area contributed by atoms with Crippen LogP contribution in [0.25, 0.3) is 0 Å². The van der Waals surface area contributed by atoms with Gasteiger partial charge in [0.2, 0.25) is 5.91 Å². The Balaban J connectivity index is 1.88. The van der Waals surface area contributed by atoms with Gasteiger partial charge in [0, 0.05) is 64.9 Å². The van der Waals surface area contributed by atoms with E-state index in [-0.39, 0.29) is 12.5 Å². The van der Waals surface area contributed by atoms with Gasteiger partial charge in [-0.15, -0.1) is 0 Å². The van der Waals surface area contributed by atoms with Crippen LogP contribution in [0.5, 0.6) is 0 Å². The van der Waals surface area contributed by atoms with Gasteiger partial charge in [0.15, 0.2) is 5.96 Å². The van der Waals surface area contributed by atoms with Crippen molar-refractivity contribution in [1.29, 1.82) is 0 Å². The largest absolute Gasteiger partial charge is 0.355 e. The molecule has 0 saturated carbocycles. The van der Waals surface area contributed by atoms with Gasteiger partial charge in [0.1, 0.15) is 6.54 Å². The fourth-order valence-corrected chi connectivity index (χ4v) is 4.13. The van der Waals surface area contributed by atoms with Crippen LogP contribution in [0.2, 0.25) is 0 Å². The maximum absolute atomic E-state index is 12.1. The summed E-state index contributed by atoms with van der Waals surface area (Å²) < 4.78 is 0. The van der Waals surface area contributed by atoms with Crippen LogP contribution >= 0.6 is 0 Å². The highest BCUT2D eigenvalue weighted by Crippen LogP contribution is 2.14. The highest BCUT2D eigenvalue weighted by Gasteiger charge is 2.21. The number of carbonyl (C=O) groups is 1. The predicted molar refractivity (Wildman–Crippen MR) is 134 cm³/mol. The Morgan fingerprint density at radius 3 is 2.28 bits per heavy atom. The molecule has 0 aromatic heterocycles. The Hall–Kier alpha value is -2.12. The molecule has 0 aliphatic carbocycles. The van der Waals surface area contributed by atoms with E-state index in [9.17, 15) is 4.79 Å². The van der Waals surface area contributed by atoms with Crippen LogP contribution in [0.1, 0.15) is 46.1 Å². The van der Waals surface area contributed by atoms with Crippen LogP contribution in [0, 0.1) is 0 Å². The number of carbonyl (C=O) groups excluding carboxylic acids is 1. The van der Waals surface area contributed by atoms with Gasteiger partial charge in [-0.25, -0.2) is 4.99 Å². The van der Waals surface area contributed by atoms with Crippen molar-refractivity contribution in [2.45, 2.75) is 65.2 Å². The van der Waals surface area contributed by atoms with E-state index < -0.39 is 0 Å². The molecule has 1 aromatic rings. The molecule has 180 valence electrons. The number of likely N-dealkylation sites (N-methyl/N-ethyl adjacent to an activating group) is 1. The van der Waals surface area contributed by atoms with Crippen LogP contribution in [0.15, 0.2) is 35.3 Å². The molecule has 1 amide bonds. The van der Waals surface area contributed by atoms with Crippen molar-refractivity contribution < 1.29 is 4.79 Å². The summed E-state index contributed by atoms with van der Waals surface area (Å²) in [7, 11) is 3.54. The number of aliphatic imine (C=N–C) groups is 1. The van der Waals surface area contributed by atoms with Gasteiger partial charge < -0.3 is 15.5 Å². The fraction of sp³-hybridized carbons (Fsp3) is 0.680. The minimum atomic E-state index is 0.00904. The second-order valence-electron chi connectivity index (χ2n) is 9.49. The molecule has 0 bridgehead atoms. The molecule has 2 rings (SSSR count). The van der Waals surface area contributed by atoms with Gasteiger partial charge in [-0.2, -0.15) is 0 Å². The summed E-state index contributed by atoms with van der Waals surface area (Å²) in [5, 5.41) is 7.06. The SMILES string of the molecule is CC(C)N(CCNC(=NCC(=O)N(C)C)NC1CCN(Cc2ccccc2)CC1)C(C)C. The number of hydrogen-bond donors (Lipinski definition) is 2. The predicted octanol–water partition coefficient (Wildman–Crippen LogP) is 2.39. The number of likely N-dealkylation sites (tertiary alicyclic amines) is 1.